The molecular formula is C18H23NO. The molecule has 2 aromatic rings. The van der Waals surface area contributed by atoms with Gasteiger partial charge in [-0.2, -0.15) is 0 Å². The highest BCUT2D eigenvalue weighted by Crippen LogP contribution is 2.16. The fourth-order valence-electron chi connectivity index (χ4n) is 2.51. The van der Waals surface area contributed by atoms with Crippen molar-refractivity contribution in [1.82, 2.24) is 5.32 Å². The van der Waals surface area contributed by atoms with Gasteiger partial charge in [-0.05, 0) is 50.5 Å². The number of rotatable bonds is 5. The molecule has 0 aromatic heterocycles. The van der Waals surface area contributed by atoms with Crippen molar-refractivity contribution in [1.29, 1.82) is 0 Å². The van der Waals surface area contributed by atoms with Crippen LogP contribution in [0, 0.1) is 6.92 Å². The Bertz CT molecular complexity index is 548. The minimum absolute atomic E-state index is 0.322. The Hall–Kier alpha value is -1.80. The van der Waals surface area contributed by atoms with Gasteiger partial charge in [-0.1, -0.05) is 42.0 Å². The van der Waals surface area contributed by atoms with Crippen LogP contribution in [0.2, 0.25) is 0 Å². The molecule has 2 heteroatoms. The first-order chi connectivity index (χ1) is 9.54. The highest BCUT2D eigenvalue weighted by molar-refractivity contribution is 5.27. The molecule has 0 spiro atoms. The van der Waals surface area contributed by atoms with Gasteiger partial charge in [-0.25, -0.2) is 0 Å². The third-order valence-electron chi connectivity index (χ3n) is 3.55. The number of benzene rings is 2. The van der Waals surface area contributed by atoms with Gasteiger partial charge in [0.05, 0.1) is 0 Å². The molecule has 0 aliphatic carbocycles. The van der Waals surface area contributed by atoms with Crippen molar-refractivity contribution in [2.24, 2.45) is 0 Å². The molecule has 2 rings (SSSR count). The van der Waals surface area contributed by atoms with Gasteiger partial charge in [0.2, 0.25) is 0 Å². The maximum Gasteiger partial charge on any atom is 0.115 e. The summed E-state index contributed by atoms with van der Waals surface area (Å²) in [7, 11) is 0. The SMILES string of the molecule is Cc1cccc([C@@H](C)NC(C)Cc2ccc(O)cc2)c1. The molecule has 0 aliphatic rings. The van der Waals surface area contributed by atoms with Crippen molar-refractivity contribution in [3.63, 3.8) is 0 Å². The zero-order valence-electron chi connectivity index (χ0n) is 12.4. The summed E-state index contributed by atoms with van der Waals surface area (Å²) in [6.07, 6.45) is 0.955. The maximum absolute atomic E-state index is 9.30. The van der Waals surface area contributed by atoms with Crippen LogP contribution in [0.1, 0.15) is 36.6 Å². The van der Waals surface area contributed by atoms with Gasteiger partial charge in [0.1, 0.15) is 5.75 Å². The van der Waals surface area contributed by atoms with E-state index in [1.54, 1.807) is 12.1 Å². The summed E-state index contributed by atoms with van der Waals surface area (Å²) in [5.74, 6) is 0.322. The third-order valence-corrected chi connectivity index (χ3v) is 3.55. The summed E-state index contributed by atoms with van der Waals surface area (Å²) in [5, 5.41) is 12.9. The van der Waals surface area contributed by atoms with Gasteiger partial charge in [-0.15, -0.1) is 0 Å². The number of aromatic hydroxyl groups is 1. The lowest BCUT2D eigenvalue weighted by Gasteiger charge is -2.21. The fourth-order valence-corrected chi connectivity index (χ4v) is 2.51. The lowest BCUT2D eigenvalue weighted by Crippen LogP contribution is -2.30. The molecule has 0 amide bonds. The number of hydrogen-bond donors (Lipinski definition) is 2. The second-order valence-corrected chi connectivity index (χ2v) is 5.57. The average molecular weight is 269 g/mol. The van der Waals surface area contributed by atoms with Crippen molar-refractivity contribution in [2.45, 2.75) is 39.3 Å². The highest BCUT2D eigenvalue weighted by atomic mass is 16.3. The van der Waals surface area contributed by atoms with Crippen LogP contribution in [0.5, 0.6) is 5.75 Å². The minimum Gasteiger partial charge on any atom is -0.508 e. The zero-order valence-corrected chi connectivity index (χ0v) is 12.4. The van der Waals surface area contributed by atoms with E-state index in [1.807, 2.05) is 12.1 Å². The van der Waals surface area contributed by atoms with Gasteiger partial charge in [0.25, 0.3) is 0 Å². The van der Waals surface area contributed by atoms with E-state index >= 15 is 0 Å². The monoisotopic (exact) mass is 269 g/mol. The number of hydrogen-bond acceptors (Lipinski definition) is 2. The Morgan fingerprint density at radius 1 is 1.05 bits per heavy atom. The van der Waals surface area contributed by atoms with E-state index in [1.165, 1.54) is 16.7 Å². The van der Waals surface area contributed by atoms with Crippen LogP contribution in [0.25, 0.3) is 0 Å². The predicted molar refractivity (Wildman–Crippen MR) is 84.0 cm³/mol. The third kappa shape index (κ3) is 4.10. The van der Waals surface area contributed by atoms with Gasteiger partial charge in [0, 0.05) is 12.1 Å². The second-order valence-electron chi connectivity index (χ2n) is 5.57. The first-order valence-corrected chi connectivity index (χ1v) is 7.15. The fraction of sp³-hybridized carbons (Fsp3) is 0.333. The van der Waals surface area contributed by atoms with E-state index < -0.39 is 0 Å². The largest absolute Gasteiger partial charge is 0.508 e. The van der Waals surface area contributed by atoms with Crippen molar-refractivity contribution < 1.29 is 5.11 Å². The molecule has 0 fully saturated rings. The first kappa shape index (κ1) is 14.6. The van der Waals surface area contributed by atoms with Gasteiger partial charge in [0.15, 0.2) is 0 Å². The lowest BCUT2D eigenvalue weighted by molar-refractivity contribution is 0.470. The van der Waals surface area contributed by atoms with Crippen molar-refractivity contribution >= 4 is 0 Å². The van der Waals surface area contributed by atoms with E-state index in [0.29, 0.717) is 17.8 Å². The molecule has 1 unspecified atom stereocenters. The molecule has 0 aliphatic heterocycles. The standard InChI is InChI=1S/C18H23NO/c1-13-5-4-6-17(11-13)15(3)19-14(2)12-16-7-9-18(20)10-8-16/h4-11,14-15,19-20H,12H2,1-3H3/t14?,15-/m1/s1. The molecule has 20 heavy (non-hydrogen) atoms. The summed E-state index contributed by atoms with van der Waals surface area (Å²) in [6.45, 7) is 6.51. The molecule has 0 heterocycles. The summed E-state index contributed by atoms with van der Waals surface area (Å²) in [4.78, 5) is 0. The van der Waals surface area contributed by atoms with Gasteiger partial charge in [-0.3, -0.25) is 0 Å². The van der Waals surface area contributed by atoms with Gasteiger partial charge < -0.3 is 10.4 Å². The van der Waals surface area contributed by atoms with E-state index in [9.17, 15) is 5.11 Å². The van der Waals surface area contributed by atoms with Crippen LogP contribution in [-0.2, 0) is 6.42 Å². The van der Waals surface area contributed by atoms with E-state index in [2.05, 4.69) is 50.4 Å². The lowest BCUT2D eigenvalue weighted by atomic mass is 10.0. The summed E-state index contributed by atoms with van der Waals surface area (Å²) in [6, 6.07) is 16.8. The van der Waals surface area contributed by atoms with E-state index in [4.69, 9.17) is 0 Å². The van der Waals surface area contributed by atoms with Crippen molar-refractivity contribution in [3.8, 4) is 5.75 Å². The molecule has 0 saturated heterocycles. The topological polar surface area (TPSA) is 32.3 Å². The average Bonchev–Trinajstić information content (AvgIpc) is 2.41. The van der Waals surface area contributed by atoms with Crippen LogP contribution >= 0.6 is 0 Å². The molecule has 0 saturated carbocycles. The Kier molecular flexibility index (Phi) is 4.80. The Morgan fingerprint density at radius 3 is 2.40 bits per heavy atom. The Morgan fingerprint density at radius 2 is 1.75 bits per heavy atom. The number of nitrogens with one attached hydrogen (secondary N) is 1. The van der Waals surface area contributed by atoms with Crippen LogP contribution in [0.3, 0.4) is 0 Å². The second kappa shape index (κ2) is 6.58. The zero-order chi connectivity index (χ0) is 14.5. The normalized spacial score (nSPS) is 13.9. The molecule has 2 aromatic carbocycles. The van der Waals surface area contributed by atoms with Crippen molar-refractivity contribution in [2.75, 3.05) is 0 Å². The highest BCUT2D eigenvalue weighted by Gasteiger charge is 2.10. The summed E-state index contributed by atoms with van der Waals surface area (Å²) < 4.78 is 0. The van der Waals surface area contributed by atoms with Gasteiger partial charge >= 0.3 is 0 Å². The summed E-state index contributed by atoms with van der Waals surface area (Å²) in [5.41, 5.74) is 3.85. The molecule has 0 radical (unpaired) electrons. The molecular weight excluding hydrogens is 246 g/mol. The quantitative estimate of drug-likeness (QED) is 0.860. The van der Waals surface area contributed by atoms with Crippen LogP contribution in [0.4, 0.5) is 0 Å². The first-order valence-electron chi connectivity index (χ1n) is 7.15. The number of phenolic OH excluding ortho intramolecular Hbond substituents is 1. The molecule has 2 nitrogen and oxygen atoms in total. The minimum atomic E-state index is 0.322. The predicted octanol–water partition coefficient (Wildman–Crippen LogP) is 3.98. The Balaban J connectivity index is 1.93. The smallest absolute Gasteiger partial charge is 0.115 e. The van der Waals surface area contributed by atoms with Crippen molar-refractivity contribution in [3.05, 3.63) is 65.2 Å². The summed E-state index contributed by atoms with van der Waals surface area (Å²) >= 11 is 0. The Labute approximate surface area is 121 Å². The molecule has 106 valence electrons. The van der Waals surface area contributed by atoms with Crippen LogP contribution in [-0.4, -0.2) is 11.1 Å². The van der Waals surface area contributed by atoms with Crippen LogP contribution in [0.15, 0.2) is 48.5 Å². The van der Waals surface area contributed by atoms with Crippen LogP contribution < -0.4 is 5.32 Å². The molecule has 0 bridgehead atoms. The van der Waals surface area contributed by atoms with E-state index in [0.717, 1.165) is 6.42 Å². The molecule has 2 atom stereocenters. The number of aryl methyl sites for hydroxylation is 1. The molecule has 2 N–H and O–H groups in total. The maximum atomic E-state index is 9.30. The number of phenols is 1. The van der Waals surface area contributed by atoms with E-state index in [-0.39, 0.29) is 0 Å².